The zero-order chi connectivity index (χ0) is 20.3. The predicted octanol–water partition coefficient (Wildman–Crippen LogP) is 2.03. The monoisotopic (exact) mass is 527 g/mol. The van der Waals surface area contributed by atoms with Crippen molar-refractivity contribution in [1.29, 1.82) is 0 Å². The van der Waals surface area contributed by atoms with Gasteiger partial charge in [-0.2, -0.15) is 0 Å². The highest BCUT2D eigenvalue weighted by Crippen LogP contribution is 2.32. The molecule has 1 aromatic rings. The smallest absolute Gasteiger partial charge is 0.332 e. The standard InChI is InChI=1S/C16H20Cl2IN5O3/c1-8-4-10(17)11(18)5-9(8)6-20-12(25)7-21-13-14(22-19)23(2)16(27)24(3)15(13)26/h5,8,21-22H,4,6-7H2,1-3H3,(H,20,25). The summed E-state index contributed by atoms with van der Waals surface area (Å²) in [6.07, 6.45) is 2.41. The van der Waals surface area contributed by atoms with E-state index in [1.165, 1.54) is 18.7 Å². The third-order valence-corrected chi connectivity index (χ3v) is 5.66. The summed E-state index contributed by atoms with van der Waals surface area (Å²) in [5, 5.41) is 6.71. The van der Waals surface area contributed by atoms with Crippen molar-refractivity contribution in [1.82, 2.24) is 14.5 Å². The molecule has 0 saturated heterocycles. The van der Waals surface area contributed by atoms with Gasteiger partial charge in [0.25, 0.3) is 5.56 Å². The van der Waals surface area contributed by atoms with Gasteiger partial charge in [0, 0.05) is 25.7 Å². The average Bonchev–Trinajstić information content (AvgIpc) is 2.63. The Morgan fingerprint density at radius 3 is 2.59 bits per heavy atom. The van der Waals surface area contributed by atoms with Crippen molar-refractivity contribution in [2.45, 2.75) is 13.3 Å². The number of anilines is 2. The molecule has 11 heteroatoms. The minimum absolute atomic E-state index is 0.120. The van der Waals surface area contributed by atoms with Crippen LogP contribution in [0.25, 0.3) is 0 Å². The molecule has 1 aromatic heterocycles. The first-order valence-corrected chi connectivity index (χ1v) is 9.92. The second-order valence-corrected chi connectivity index (χ2v) is 7.63. The summed E-state index contributed by atoms with van der Waals surface area (Å²) in [6, 6.07) is 0. The molecule has 1 unspecified atom stereocenters. The highest BCUT2D eigenvalue weighted by Gasteiger charge is 2.19. The normalized spacial score (nSPS) is 16.8. The third kappa shape index (κ3) is 4.88. The molecule has 0 saturated carbocycles. The molecule has 1 amide bonds. The maximum atomic E-state index is 12.3. The van der Waals surface area contributed by atoms with Crippen molar-refractivity contribution in [3.8, 4) is 0 Å². The molecule has 3 N–H and O–H groups in total. The Morgan fingerprint density at radius 2 is 1.96 bits per heavy atom. The van der Waals surface area contributed by atoms with Crippen molar-refractivity contribution in [2.24, 2.45) is 20.0 Å². The minimum atomic E-state index is -0.514. The number of nitrogens with zero attached hydrogens (tertiary/aromatic N) is 2. The molecule has 0 fully saturated rings. The largest absolute Gasteiger partial charge is 0.369 e. The lowest BCUT2D eigenvalue weighted by Gasteiger charge is -2.21. The lowest BCUT2D eigenvalue weighted by molar-refractivity contribution is -0.119. The molecule has 0 spiro atoms. The van der Waals surface area contributed by atoms with Crippen molar-refractivity contribution in [3.63, 3.8) is 0 Å². The van der Waals surface area contributed by atoms with E-state index in [1.54, 1.807) is 6.08 Å². The van der Waals surface area contributed by atoms with Gasteiger partial charge in [-0.15, -0.1) is 0 Å². The average molecular weight is 528 g/mol. The van der Waals surface area contributed by atoms with Crippen LogP contribution < -0.4 is 25.4 Å². The molecular weight excluding hydrogens is 508 g/mol. The summed E-state index contributed by atoms with van der Waals surface area (Å²) in [5.74, 6) is 0.181. The molecule has 8 nitrogen and oxygen atoms in total. The molecule has 0 radical (unpaired) electrons. The molecule has 1 aliphatic carbocycles. The highest BCUT2D eigenvalue weighted by molar-refractivity contribution is 14.1. The molecule has 1 atom stereocenters. The maximum absolute atomic E-state index is 12.3. The van der Waals surface area contributed by atoms with Gasteiger partial charge in [-0.3, -0.25) is 18.7 Å². The second-order valence-electron chi connectivity index (χ2n) is 6.23. The molecular formula is C16H20Cl2IN5O3. The Hall–Kier alpha value is -1.46. The number of hydrogen-bond acceptors (Lipinski definition) is 5. The van der Waals surface area contributed by atoms with Gasteiger partial charge in [0.2, 0.25) is 5.91 Å². The van der Waals surface area contributed by atoms with Crippen LogP contribution in [-0.4, -0.2) is 28.1 Å². The molecule has 0 aliphatic heterocycles. The quantitative estimate of drug-likeness (QED) is 0.388. The topological polar surface area (TPSA) is 97.2 Å². The number of amides is 1. The Morgan fingerprint density at radius 1 is 1.30 bits per heavy atom. The number of hydrogen-bond donors (Lipinski definition) is 3. The lowest BCUT2D eigenvalue weighted by Crippen LogP contribution is -2.40. The first-order chi connectivity index (χ1) is 12.7. The van der Waals surface area contributed by atoms with Crippen LogP contribution in [-0.2, 0) is 18.9 Å². The number of carbonyl (C=O) groups excluding carboxylic acids is 1. The number of nitrogens with one attached hydrogen (secondary N) is 3. The number of aromatic nitrogens is 2. The van der Waals surface area contributed by atoms with Crippen molar-refractivity contribution < 1.29 is 4.79 Å². The van der Waals surface area contributed by atoms with Gasteiger partial charge in [-0.05, 0) is 24.0 Å². The van der Waals surface area contributed by atoms with Gasteiger partial charge < -0.3 is 14.2 Å². The van der Waals surface area contributed by atoms with E-state index in [1.807, 2.05) is 29.8 Å². The molecule has 1 heterocycles. The zero-order valence-electron chi connectivity index (χ0n) is 15.0. The Labute approximate surface area is 180 Å². The Kier molecular flexibility index (Phi) is 7.40. The maximum Gasteiger partial charge on any atom is 0.332 e. The van der Waals surface area contributed by atoms with Crippen LogP contribution in [0.1, 0.15) is 13.3 Å². The van der Waals surface area contributed by atoms with E-state index in [4.69, 9.17) is 23.2 Å². The summed E-state index contributed by atoms with van der Waals surface area (Å²) in [5.41, 5.74) is 0.147. The molecule has 0 aromatic carbocycles. The van der Waals surface area contributed by atoms with Crippen LogP contribution in [0.4, 0.5) is 11.5 Å². The van der Waals surface area contributed by atoms with E-state index >= 15 is 0 Å². The van der Waals surface area contributed by atoms with Gasteiger partial charge in [-0.1, -0.05) is 30.1 Å². The van der Waals surface area contributed by atoms with Gasteiger partial charge in [0.05, 0.1) is 34.4 Å². The highest BCUT2D eigenvalue weighted by atomic mass is 127. The summed E-state index contributed by atoms with van der Waals surface area (Å²) in [7, 11) is 2.92. The van der Waals surface area contributed by atoms with Crippen LogP contribution in [0, 0.1) is 5.92 Å². The van der Waals surface area contributed by atoms with Gasteiger partial charge >= 0.3 is 5.69 Å². The second kappa shape index (κ2) is 9.16. The van der Waals surface area contributed by atoms with Crippen LogP contribution in [0.3, 0.4) is 0 Å². The van der Waals surface area contributed by atoms with Gasteiger partial charge in [0.15, 0.2) is 0 Å². The number of rotatable bonds is 6. The van der Waals surface area contributed by atoms with Crippen LogP contribution in [0.15, 0.2) is 31.3 Å². The van der Waals surface area contributed by atoms with E-state index in [2.05, 4.69) is 14.2 Å². The summed E-state index contributed by atoms with van der Waals surface area (Å²) >= 11 is 13.9. The van der Waals surface area contributed by atoms with Crippen molar-refractivity contribution in [3.05, 3.63) is 42.6 Å². The van der Waals surface area contributed by atoms with Gasteiger partial charge in [-0.25, -0.2) is 4.79 Å². The van der Waals surface area contributed by atoms with E-state index in [-0.39, 0.29) is 24.1 Å². The SMILES string of the molecule is CC1CC(Cl)=C(Cl)C=C1CNC(=O)CNc1c(NI)n(C)c(=O)n(C)c1=O. The lowest BCUT2D eigenvalue weighted by atomic mass is 9.93. The predicted molar refractivity (Wildman–Crippen MR) is 117 cm³/mol. The zero-order valence-corrected chi connectivity index (χ0v) is 18.7. The molecule has 27 heavy (non-hydrogen) atoms. The van der Waals surface area contributed by atoms with Gasteiger partial charge in [0.1, 0.15) is 11.5 Å². The van der Waals surface area contributed by atoms with Crippen molar-refractivity contribution in [2.75, 3.05) is 21.9 Å². The van der Waals surface area contributed by atoms with Crippen LogP contribution in [0.5, 0.6) is 0 Å². The summed E-state index contributed by atoms with van der Waals surface area (Å²) in [4.78, 5) is 36.5. The fraction of sp³-hybridized carbons (Fsp3) is 0.438. The number of allylic oxidation sites excluding steroid dienone is 3. The Balaban J connectivity index is 2.06. The molecule has 1 aliphatic rings. The minimum Gasteiger partial charge on any atom is -0.369 e. The molecule has 148 valence electrons. The fourth-order valence-electron chi connectivity index (χ4n) is 2.65. The fourth-order valence-corrected chi connectivity index (χ4v) is 3.79. The van der Waals surface area contributed by atoms with E-state index in [0.29, 0.717) is 28.8 Å². The summed E-state index contributed by atoms with van der Waals surface area (Å²) < 4.78 is 5.05. The Bertz CT molecular complexity index is 935. The van der Waals surface area contributed by atoms with Crippen LogP contribution >= 0.6 is 46.1 Å². The van der Waals surface area contributed by atoms with Crippen LogP contribution in [0.2, 0.25) is 0 Å². The first-order valence-electron chi connectivity index (χ1n) is 8.09. The third-order valence-electron chi connectivity index (χ3n) is 4.36. The van der Waals surface area contributed by atoms with E-state index < -0.39 is 11.2 Å². The van der Waals surface area contributed by atoms with E-state index in [9.17, 15) is 14.4 Å². The molecule has 0 bridgehead atoms. The van der Waals surface area contributed by atoms with Crippen molar-refractivity contribution >= 4 is 63.5 Å². The van der Waals surface area contributed by atoms with E-state index in [0.717, 1.165) is 10.1 Å². The summed E-state index contributed by atoms with van der Waals surface area (Å²) in [6.45, 7) is 2.23. The first kappa shape index (κ1) is 21.8. The molecule has 2 rings (SSSR count). The number of carbonyl (C=O) groups is 1. The number of halogens is 3.